The van der Waals surface area contributed by atoms with E-state index in [1.165, 1.54) is 25.7 Å². The molecule has 0 aliphatic heterocycles. The minimum atomic E-state index is 0.0742. The lowest BCUT2D eigenvalue weighted by molar-refractivity contribution is -0.122. The smallest absolute Gasteiger partial charge is 0.234 e. The van der Waals surface area contributed by atoms with Crippen LogP contribution in [-0.2, 0) is 4.79 Å². The number of fused-ring (bicyclic) bond motifs is 2. The molecule has 3 N–H and O–H groups in total. The highest BCUT2D eigenvalue weighted by Crippen LogP contribution is 2.42. The highest BCUT2D eigenvalue weighted by Gasteiger charge is 2.36. The first-order chi connectivity index (χ1) is 8.69. The van der Waals surface area contributed by atoms with Gasteiger partial charge in [-0.3, -0.25) is 4.79 Å². The SMILES string of the molecule is CC1CC2CCC(NC(=O)CNCCO)C(C1)C2. The zero-order valence-electron chi connectivity index (χ0n) is 11.3. The quantitative estimate of drug-likeness (QED) is 0.639. The molecule has 0 aromatic carbocycles. The number of carbonyl (C=O) groups is 1. The first kappa shape index (κ1) is 13.8. The van der Waals surface area contributed by atoms with Crippen LogP contribution >= 0.6 is 0 Å². The lowest BCUT2D eigenvalue weighted by atomic mass is 9.66. The van der Waals surface area contributed by atoms with Crippen molar-refractivity contribution in [1.82, 2.24) is 10.6 Å². The Morgan fingerprint density at radius 1 is 1.28 bits per heavy atom. The van der Waals surface area contributed by atoms with Crippen LogP contribution in [0.5, 0.6) is 0 Å². The summed E-state index contributed by atoms with van der Waals surface area (Å²) in [5.41, 5.74) is 0. The Bertz CT molecular complexity index is 281. The van der Waals surface area contributed by atoms with Gasteiger partial charge in [0.15, 0.2) is 0 Å². The maximum absolute atomic E-state index is 11.8. The molecule has 0 saturated heterocycles. The largest absolute Gasteiger partial charge is 0.395 e. The van der Waals surface area contributed by atoms with E-state index < -0.39 is 0 Å². The number of aliphatic hydroxyl groups is 1. The van der Waals surface area contributed by atoms with Gasteiger partial charge in [0.1, 0.15) is 0 Å². The van der Waals surface area contributed by atoms with Gasteiger partial charge in [0.25, 0.3) is 0 Å². The molecule has 4 nitrogen and oxygen atoms in total. The molecule has 0 radical (unpaired) electrons. The lowest BCUT2D eigenvalue weighted by Gasteiger charge is -2.43. The van der Waals surface area contributed by atoms with E-state index in [9.17, 15) is 4.79 Å². The molecule has 2 bridgehead atoms. The summed E-state index contributed by atoms with van der Waals surface area (Å²) in [4.78, 5) is 11.8. The number of hydrogen-bond donors (Lipinski definition) is 3. The van der Waals surface area contributed by atoms with Gasteiger partial charge in [0.05, 0.1) is 13.2 Å². The van der Waals surface area contributed by atoms with Gasteiger partial charge in [0.2, 0.25) is 5.91 Å². The van der Waals surface area contributed by atoms with E-state index in [2.05, 4.69) is 17.6 Å². The predicted molar refractivity (Wildman–Crippen MR) is 71.1 cm³/mol. The van der Waals surface area contributed by atoms with E-state index in [-0.39, 0.29) is 12.5 Å². The van der Waals surface area contributed by atoms with Crippen molar-refractivity contribution in [3.63, 3.8) is 0 Å². The molecule has 2 fully saturated rings. The van der Waals surface area contributed by atoms with Gasteiger partial charge in [-0.25, -0.2) is 0 Å². The molecule has 2 rings (SSSR count). The zero-order valence-corrected chi connectivity index (χ0v) is 11.3. The van der Waals surface area contributed by atoms with Gasteiger partial charge in [0, 0.05) is 12.6 Å². The second kappa shape index (κ2) is 6.53. The summed E-state index contributed by atoms with van der Waals surface area (Å²) < 4.78 is 0. The topological polar surface area (TPSA) is 61.4 Å². The maximum Gasteiger partial charge on any atom is 0.234 e. The van der Waals surface area contributed by atoms with E-state index in [1.54, 1.807) is 0 Å². The summed E-state index contributed by atoms with van der Waals surface area (Å²) in [5.74, 6) is 2.49. The minimum Gasteiger partial charge on any atom is -0.395 e. The van der Waals surface area contributed by atoms with Crippen molar-refractivity contribution >= 4 is 5.91 Å². The van der Waals surface area contributed by atoms with E-state index in [0.29, 0.717) is 25.0 Å². The molecule has 4 atom stereocenters. The maximum atomic E-state index is 11.8. The molecule has 0 aromatic rings. The van der Waals surface area contributed by atoms with Gasteiger partial charge < -0.3 is 15.7 Å². The minimum absolute atomic E-state index is 0.0742. The van der Waals surface area contributed by atoms with Crippen molar-refractivity contribution < 1.29 is 9.90 Å². The number of amides is 1. The molecule has 0 spiro atoms. The van der Waals surface area contributed by atoms with Crippen LogP contribution in [0.15, 0.2) is 0 Å². The number of aliphatic hydroxyl groups excluding tert-OH is 1. The molecule has 1 amide bonds. The Morgan fingerprint density at radius 3 is 2.89 bits per heavy atom. The van der Waals surface area contributed by atoms with Crippen molar-refractivity contribution in [2.45, 2.75) is 45.1 Å². The van der Waals surface area contributed by atoms with E-state index >= 15 is 0 Å². The average molecular weight is 254 g/mol. The van der Waals surface area contributed by atoms with Gasteiger partial charge in [-0.15, -0.1) is 0 Å². The third-order valence-electron chi connectivity index (χ3n) is 4.45. The summed E-state index contributed by atoms with van der Waals surface area (Å²) in [6.45, 7) is 3.23. The summed E-state index contributed by atoms with van der Waals surface area (Å²) >= 11 is 0. The van der Waals surface area contributed by atoms with Crippen LogP contribution < -0.4 is 10.6 Å². The monoisotopic (exact) mass is 254 g/mol. The second-order valence-corrected chi connectivity index (χ2v) is 6.09. The third kappa shape index (κ3) is 3.69. The number of carbonyl (C=O) groups excluding carboxylic acids is 1. The van der Waals surface area contributed by atoms with Crippen LogP contribution in [0.2, 0.25) is 0 Å². The standard InChI is InChI=1S/C14H26N2O2/c1-10-6-11-2-3-13(12(7-10)8-11)16-14(18)9-15-4-5-17/h10-13,15,17H,2-9H2,1H3,(H,16,18). The molecule has 0 heterocycles. The fraction of sp³-hybridized carbons (Fsp3) is 0.929. The summed E-state index contributed by atoms with van der Waals surface area (Å²) in [6, 6.07) is 0.382. The van der Waals surface area contributed by atoms with Gasteiger partial charge >= 0.3 is 0 Å². The van der Waals surface area contributed by atoms with Crippen molar-refractivity contribution in [3.05, 3.63) is 0 Å². The van der Waals surface area contributed by atoms with Crippen molar-refractivity contribution in [2.24, 2.45) is 17.8 Å². The molecule has 18 heavy (non-hydrogen) atoms. The first-order valence-corrected chi connectivity index (χ1v) is 7.30. The number of rotatable bonds is 5. The Labute approximate surface area is 110 Å². The molecule has 2 aliphatic carbocycles. The summed E-state index contributed by atoms with van der Waals surface area (Å²) in [5, 5.41) is 14.7. The summed E-state index contributed by atoms with van der Waals surface area (Å²) in [7, 11) is 0. The van der Waals surface area contributed by atoms with Crippen LogP contribution in [0, 0.1) is 17.8 Å². The highest BCUT2D eigenvalue weighted by molar-refractivity contribution is 5.78. The van der Waals surface area contributed by atoms with Crippen LogP contribution in [0.3, 0.4) is 0 Å². The van der Waals surface area contributed by atoms with Gasteiger partial charge in [-0.1, -0.05) is 6.92 Å². The molecular formula is C14H26N2O2. The number of nitrogens with one attached hydrogen (secondary N) is 2. The predicted octanol–water partition coefficient (Wildman–Crippen LogP) is 0.899. The fourth-order valence-corrected chi connectivity index (χ4v) is 3.75. The normalized spacial score (nSPS) is 35.2. The number of hydrogen-bond acceptors (Lipinski definition) is 3. The molecular weight excluding hydrogens is 228 g/mol. The first-order valence-electron chi connectivity index (χ1n) is 7.30. The van der Waals surface area contributed by atoms with Crippen LogP contribution in [0.4, 0.5) is 0 Å². The second-order valence-electron chi connectivity index (χ2n) is 6.09. The Kier molecular flexibility index (Phi) is 5.01. The third-order valence-corrected chi connectivity index (χ3v) is 4.45. The molecule has 4 heteroatoms. The Balaban J connectivity index is 1.76. The lowest BCUT2D eigenvalue weighted by Crippen LogP contribution is -2.48. The van der Waals surface area contributed by atoms with Gasteiger partial charge in [-0.05, 0) is 49.9 Å². The molecule has 0 aromatic heterocycles. The van der Waals surface area contributed by atoms with Crippen LogP contribution in [0.1, 0.15) is 39.0 Å². The van der Waals surface area contributed by atoms with Crippen molar-refractivity contribution in [3.8, 4) is 0 Å². The molecule has 2 saturated carbocycles. The van der Waals surface area contributed by atoms with Gasteiger partial charge in [-0.2, -0.15) is 0 Å². The fourth-order valence-electron chi connectivity index (χ4n) is 3.75. The van der Waals surface area contributed by atoms with E-state index in [0.717, 1.165) is 18.3 Å². The molecule has 104 valence electrons. The van der Waals surface area contributed by atoms with Crippen LogP contribution in [-0.4, -0.2) is 36.8 Å². The van der Waals surface area contributed by atoms with E-state index in [1.807, 2.05) is 0 Å². The van der Waals surface area contributed by atoms with Crippen molar-refractivity contribution in [2.75, 3.05) is 19.7 Å². The van der Waals surface area contributed by atoms with E-state index in [4.69, 9.17) is 5.11 Å². The Hall–Kier alpha value is -0.610. The molecule has 2 aliphatic rings. The summed E-state index contributed by atoms with van der Waals surface area (Å²) in [6.07, 6.45) is 6.38. The highest BCUT2D eigenvalue weighted by atomic mass is 16.3. The van der Waals surface area contributed by atoms with Crippen molar-refractivity contribution in [1.29, 1.82) is 0 Å². The van der Waals surface area contributed by atoms with Crippen LogP contribution in [0.25, 0.3) is 0 Å². The zero-order chi connectivity index (χ0) is 13.0. The Morgan fingerprint density at radius 2 is 2.11 bits per heavy atom. The molecule has 4 unspecified atom stereocenters. The average Bonchev–Trinajstić information content (AvgIpc) is 2.33.